The van der Waals surface area contributed by atoms with Crippen LogP contribution in [0.15, 0.2) is 77.3 Å². The number of furan rings is 1. The normalized spacial score (nSPS) is 15.0. The molecule has 65 heavy (non-hydrogen) atoms. The highest BCUT2D eigenvalue weighted by Gasteiger charge is 2.22. The number of carbonyl (C=O) groups is 2. The van der Waals surface area contributed by atoms with Crippen molar-refractivity contribution in [3.8, 4) is 0 Å². The van der Waals surface area contributed by atoms with Gasteiger partial charge in [-0.1, -0.05) is 138 Å². The first kappa shape index (κ1) is 59.7. The number of aliphatic hydroxyl groups is 2. The SMILES string of the molecule is CC/C=C\C[C@H](O)/C=C/C=C\C=C\[C@H](O)C/C=C\C/C=C\CCC(=O)O[C@H](COC(=O)CCCCCCCCCCc1oc(CCCCC)c(C)c1C)COP(=O)([O-])OCC[N+](C)(C)C. The number of unbranched alkanes of at least 4 members (excludes halogenated alkanes) is 9. The predicted molar refractivity (Wildman–Crippen MR) is 260 cm³/mol. The molecule has 0 aliphatic rings. The number of likely N-dealkylation sites (N-methyl/N-ethyl adjacent to an activating group) is 1. The number of allylic oxidation sites excluding steroid dienone is 8. The Kier molecular flexibility index (Phi) is 33.7. The van der Waals surface area contributed by atoms with E-state index in [0.717, 1.165) is 62.9 Å². The quantitative estimate of drug-likeness (QED) is 0.0161. The maximum atomic E-state index is 12.7. The third-order valence-corrected chi connectivity index (χ3v) is 11.6. The van der Waals surface area contributed by atoms with Gasteiger partial charge >= 0.3 is 11.9 Å². The largest absolute Gasteiger partial charge is 0.756 e. The van der Waals surface area contributed by atoms with Gasteiger partial charge in [-0.3, -0.25) is 14.2 Å². The van der Waals surface area contributed by atoms with E-state index >= 15 is 0 Å². The van der Waals surface area contributed by atoms with E-state index in [0.29, 0.717) is 43.1 Å². The zero-order valence-corrected chi connectivity index (χ0v) is 42.0. The summed E-state index contributed by atoms with van der Waals surface area (Å²) in [5.41, 5.74) is 2.63. The Morgan fingerprint density at radius 2 is 1.25 bits per heavy atom. The molecule has 0 aromatic carbocycles. The van der Waals surface area contributed by atoms with Gasteiger partial charge < -0.3 is 42.5 Å². The molecule has 1 rings (SSSR count). The van der Waals surface area contributed by atoms with Crippen LogP contribution in [-0.2, 0) is 45.5 Å². The molecule has 4 atom stereocenters. The fourth-order valence-electron chi connectivity index (χ4n) is 6.50. The summed E-state index contributed by atoms with van der Waals surface area (Å²) in [6, 6.07) is 0. The van der Waals surface area contributed by atoms with Crippen molar-refractivity contribution in [3.05, 3.63) is 95.6 Å². The first-order valence-corrected chi connectivity index (χ1v) is 25.7. The van der Waals surface area contributed by atoms with E-state index in [1.807, 2.05) is 64.5 Å². The summed E-state index contributed by atoms with van der Waals surface area (Å²) in [5.74, 6) is 1.28. The second-order valence-electron chi connectivity index (χ2n) is 17.7. The van der Waals surface area contributed by atoms with Gasteiger partial charge in [-0.2, -0.15) is 0 Å². The number of phosphoric ester groups is 1. The lowest BCUT2D eigenvalue weighted by Crippen LogP contribution is -2.37. The summed E-state index contributed by atoms with van der Waals surface area (Å²) in [6.07, 6.45) is 36.9. The molecule has 1 heterocycles. The zero-order chi connectivity index (χ0) is 48.2. The number of hydrogen-bond acceptors (Lipinski definition) is 11. The fourth-order valence-corrected chi connectivity index (χ4v) is 7.23. The van der Waals surface area contributed by atoms with E-state index in [1.165, 1.54) is 43.2 Å². The number of rotatable bonds is 39. The second kappa shape index (κ2) is 36.7. The minimum atomic E-state index is -4.69. The maximum absolute atomic E-state index is 12.7. The van der Waals surface area contributed by atoms with Gasteiger partial charge in [0.2, 0.25) is 0 Å². The van der Waals surface area contributed by atoms with Crippen LogP contribution in [0.5, 0.6) is 0 Å². The molecule has 2 N–H and O–H groups in total. The van der Waals surface area contributed by atoms with Crippen LogP contribution >= 0.6 is 7.82 Å². The molecule has 0 radical (unpaired) electrons. The van der Waals surface area contributed by atoms with E-state index in [2.05, 4.69) is 20.8 Å². The lowest BCUT2D eigenvalue weighted by molar-refractivity contribution is -0.870. The molecule has 0 aliphatic heterocycles. The van der Waals surface area contributed by atoms with Crippen molar-refractivity contribution in [2.45, 2.75) is 174 Å². The smallest absolute Gasteiger partial charge is 0.306 e. The zero-order valence-electron chi connectivity index (χ0n) is 41.1. The first-order chi connectivity index (χ1) is 31.1. The standard InChI is InChI=1S/C52H86NO11P/c1-8-10-24-32-46(54)34-27-22-23-28-35-47(55)33-26-18-16-17-21-31-39-52(57)63-48(43-62-65(58,59)61-41-40-53(5,6)7)42-60-51(56)38-30-20-15-13-12-14-19-29-37-50-45(4)44(3)49(64-50)36-25-11-9-2/h10,17-18,21-24,26-28,34-35,46-48,54-55H,8-9,11-16,19-20,25,29-33,36-43H2,1-7H3/b21-17-,23-22-,24-10-,26-18-,34-27+,35-28+/t46-,47+,48+/m0/s1. The molecule has 0 fully saturated rings. The van der Waals surface area contributed by atoms with Crippen LogP contribution in [0.3, 0.4) is 0 Å². The molecule has 12 nitrogen and oxygen atoms in total. The van der Waals surface area contributed by atoms with Crippen LogP contribution in [0.1, 0.15) is 152 Å². The predicted octanol–water partition coefficient (Wildman–Crippen LogP) is 10.8. The molecule has 1 aromatic heterocycles. The van der Waals surface area contributed by atoms with Crippen LogP contribution in [0.4, 0.5) is 0 Å². The number of quaternary nitrogens is 1. The van der Waals surface area contributed by atoms with Crippen LogP contribution in [0.2, 0.25) is 0 Å². The van der Waals surface area contributed by atoms with E-state index in [1.54, 1.807) is 36.5 Å². The Morgan fingerprint density at radius 3 is 1.83 bits per heavy atom. The fraction of sp³-hybridized carbons (Fsp3) is 0.654. The number of esters is 2. The number of phosphoric acid groups is 1. The van der Waals surface area contributed by atoms with Gasteiger partial charge in [0.05, 0.1) is 40.0 Å². The van der Waals surface area contributed by atoms with Gasteiger partial charge in [0.25, 0.3) is 7.82 Å². The van der Waals surface area contributed by atoms with E-state index in [4.69, 9.17) is 22.9 Å². The topological polar surface area (TPSA) is 165 Å². The molecule has 13 heteroatoms. The van der Waals surface area contributed by atoms with Crippen molar-refractivity contribution in [1.82, 2.24) is 0 Å². The van der Waals surface area contributed by atoms with Crippen molar-refractivity contribution in [2.24, 2.45) is 0 Å². The summed E-state index contributed by atoms with van der Waals surface area (Å²) in [4.78, 5) is 37.7. The highest BCUT2D eigenvalue weighted by Crippen LogP contribution is 2.38. The van der Waals surface area contributed by atoms with Crippen molar-refractivity contribution in [1.29, 1.82) is 0 Å². The summed E-state index contributed by atoms with van der Waals surface area (Å²) < 4.78 is 40.1. The highest BCUT2D eigenvalue weighted by molar-refractivity contribution is 7.45. The summed E-state index contributed by atoms with van der Waals surface area (Å²) >= 11 is 0. The monoisotopic (exact) mass is 932 g/mol. The molecular formula is C52H86NO11P. The number of aliphatic hydroxyl groups excluding tert-OH is 2. The van der Waals surface area contributed by atoms with Gasteiger partial charge in [0.15, 0.2) is 6.10 Å². The summed E-state index contributed by atoms with van der Waals surface area (Å²) in [7, 11) is 1.02. The molecule has 0 saturated heterocycles. The minimum Gasteiger partial charge on any atom is -0.756 e. The van der Waals surface area contributed by atoms with Crippen molar-refractivity contribution >= 4 is 19.8 Å². The highest BCUT2D eigenvalue weighted by atomic mass is 31.2. The number of hydrogen-bond donors (Lipinski definition) is 2. The maximum Gasteiger partial charge on any atom is 0.306 e. The Bertz CT molecular complexity index is 1650. The van der Waals surface area contributed by atoms with Gasteiger partial charge in [-0.05, 0) is 76.3 Å². The van der Waals surface area contributed by atoms with Crippen molar-refractivity contribution in [2.75, 3.05) is 47.5 Å². The summed E-state index contributed by atoms with van der Waals surface area (Å²) in [6.45, 7) is 8.10. The Balaban J connectivity index is 2.43. The van der Waals surface area contributed by atoms with Crippen molar-refractivity contribution in [3.63, 3.8) is 0 Å². The van der Waals surface area contributed by atoms with Crippen LogP contribution in [0, 0.1) is 13.8 Å². The third-order valence-electron chi connectivity index (χ3n) is 10.6. The van der Waals surface area contributed by atoms with Gasteiger partial charge in [0.1, 0.15) is 31.3 Å². The van der Waals surface area contributed by atoms with Gasteiger partial charge in [0, 0.05) is 25.7 Å². The summed E-state index contributed by atoms with van der Waals surface area (Å²) in [5, 5.41) is 20.0. The molecular weight excluding hydrogens is 846 g/mol. The second-order valence-corrected chi connectivity index (χ2v) is 19.1. The molecule has 0 aliphatic carbocycles. The number of carbonyl (C=O) groups excluding carboxylic acids is 2. The van der Waals surface area contributed by atoms with Crippen LogP contribution in [-0.4, -0.2) is 92.5 Å². The molecule has 370 valence electrons. The Morgan fingerprint density at radius 1 is 0.692 bits per heavy atom. The number of ether oxygens (including phenoxy) is 2. The average Bonchev–Trinajstić information content (AvgIpc) is 3.51. The van der Waals surface area contributed by atoms with E-state index in [-0.39, 0.29) is 26.1 Å². The van der Waals surface area contributed by atoms with Crippen LogP contribution < -0.4 is 4.89 Å². The number of nitrogens with zero attached hydrogens (tertiary/aromatic N) is 1. The average molecular weight is 932 g/mol. The molecule has 1 unspecified atom stereocenters. The van der Waals surface area contributed by atoms with Gasteiger partial charge in [-0.15, -0.1) is 0 Å². The Hall–Kier alpha value is -3.35. The van der Waals surface area contributed by atoms with Crippen molar-refractivity contribution < 1.29 is 56.7 Å². The van der Waals surface area contributed by atoms with E-state index < -0.39 is 44.7 Å². The molecule has 0 bridgehead atoms. The first-order valence-electron chi connectivity index (χ1n) is 24.2. The third kappa shape index (κ3) is 33.7. The molecule has 1 aromatic rings. The molecule has 0 spiro atoms. The number of aryl methyl sites for hydroxylation is 2. The van der Waals surface area contributed by atoms with Crippen LogP contribution in [0.25, 0.3) is 0 Å². The minimum absolute atomic E-state index is 0.0319. The molecule has 0 amide bonds. The lowest BCUT2D eigenvalue weighted by Gasteiger charge is -2.28. The van der Waals surface area contributed by atoms with Gasteiger partial charge in [-0.25, -0.2) is 0 Å². The van der Waals surface area contributed by atoms with E-state index in [9.17, 15) is 29.3 Å². The lowest BCUT2D eigenvalue weighted by atomic mass is 10.0. The molecule has 0 saturated carbocycles. The Labute approximate surface area is 392 Å².